The van der Waals surface area contributed by atoms with Gasteiger partial charge in [-0.1, -0.05) is 12.1 Å². The van der Waals surface area contributed by atoms with Crippen LogP contribution in [-0.2, 0) is 19.7 Å². The first-order chi connectivity index (χ1) is 12.2. The average Bonchev–Trinajstić information content (AvgIpc) is 2.85. The van der Waals surface area contributed by atoms with Crippen molar-refractivity contribution < 1.29 is 17.9 Å². The van der Waals surface area contributed by atoms with Crippen molar-refractivity contribution in [1.29, 1.82) is 0 Å². The molecule has 1 aromatic carbocycles. The van der Waals surface area contributed by atoms with Crippen LogP contribution in [0, 0.1) is 0 Å². The summed E-state index contributed by atoms with van der Waals surface area (Å²) in [6.45, 7) is 2.22. The number of nitrogens with zero attached hydrogens (tertiary/aromatic N) is 2. The summed E-state index contributed by atoms with van der Waals surface area (Å²) in [6, 6.07) is 7.56. The molecular formula is C18H26N2O4S. The minimum atomic E-state index is -3.58. The molecule has 138 valence electrons. The van der Waals surface area contributed by atoms with Crippen LogP contribution in [0.25, 0.3) is 0 Å². The third-order valence-electron chi connectivity index (χ3n) is 5.26. The zero-order valence-electron chi connectivity index (χ0n) is 14.5. The molecule has 4 rings (SSSR count). The van der Waals surface area contributed by atoms with Crippen molar-refractivity contribution in [2.24, 2.45) is 0 Å². The van der Waals surface area contributed by atoms with Crippen molar-refractivity contribution in [3.05, 3.63) is 24.3 Å². The number of para-hydroxylation sites is 2. The van der Waals surface area contributed by atoms with E-state index < -0.39 is 10.2 Å². The highest BCUT2D eigenvalue weighted by atomic mass is 32.2. The van der Waals surface area contributed by atoms with Crippen LogP contribution >= 0.6 is 0 Å². The number of rotatable bonds is 4. The average molecular weight is 366 g/mol. The summed E-state index contributed by atoms with van der Waals surface area (Å²) in [5.41, 5.74) is 1.51. The van der Waals surface area contributed by atoms with Gasteiger partial charge in [0.1, 0.15) is 0 Å². The van der Waals surface area contributed by atoms with Gasteiger partial charge in [0, 0.05) is 13.2 Å². The van der Waals surface area contributed by atoms with Crippen molar-refractivity contribution in [2.45, 2.75) is 50.7 Å². The highest BCUT2D eigenvalue weighted by Gasteiger charge is 2.42. The van der Waals surface area contributed by atoms with Gasteiger partial charge in [0.15, 0.2) is 0 Å². The van der Waals surface area contributed by atoms with Gasteiger partial charge in [-0.15, -0.1) is 0 Å². The van der Waals surface area contributed by atoms with E-state index in [0.29, 0.717) is 13.1 Å². The zero-order chi connectivity index (χ0) is 17.3. The summed E-state index contributed by atoms with van der Waals surface area (Å²) in [6.07, 6.45) is 6.10. The Labute approximate surface area is 149 Å². The summed E-state index contributed by atoms with van der Waals surface area (Å²) in [4.78, 5) is 0. The minimum absolute atomic E-state index is 0.0255. The van der Waals surface area contributed by atoms with E-state index >= 15 is 0 Å². The second kappa shape index (κ2) is 7.13. The van der Waals surface area contributed by atoms with Crippen molar-refractivity contribution in [3.8, 4) is 0 Å². The van der Waals surface area contributed by atoms with E-state index in [1.54, 1.807) is 0 Å². The van der Waals surface area contributed by atoms with Gasteiger partial charge in [0.2, 0.25) is 0 Å². The maximum atomic E-state index is 13.2. The van der Waals surface area contributed by atoms with Crippen LogP contribution in [0.1, 0.15) is 38.5 Å². The van der Waals surface area contributed by atoms with Crippen molar-refractivity contribution in [1.82, 2.24) is 0 Å². The van der Waals surface area contributed by atoms with Crippen LogP contribution < -0.4 is 8.61 Å². The Balaban J connectivity index is 1.59. The van der Waals surface area contributed by atoms with Crippen LogP contribution in [0.2, 0.25) is 0 Å². The highest BCUT2D eigenvalue weighted by molar-refractivity contribution is 7.94. The van der Waals surface area contributed by atoms with Crippen LogP contribution in [-0.4, -0.2) is 46.9 Å². The fourth-order valence-corrected chi connectivity index (χ4v) is 5.66. The number of hydrogen-bond donors (Lipinski definition) is 0. The standard InChI is InChI=1S/C18H26N2O4S/c21-25(22)19(13-15-7-3-5-11-23-15)17-9-1-2-10-18(17)20(25)14-16-8-4-6-12-24-16/h1-2,9-10,15-16H,3-8,11-14H2. The fourth-order valence-electron chi connectivity index (χ4n) is 3.91. The predicted molar refractivity (Wildman–Crippen MR) is 97.2 cm³/mol. The smallest absolute Gasteiger partial charge is 0.326 e. The van der Waals surface area contributed by atoms with E-state index in [2.05, 4.69) is 0 Å². The molecule has 25 heavy (non-hydrogen) atoms. The molecule has 2 unspecified atom stereocenters. The van der Waals surface area contributed by atoms with Gasteiger partial charge in [-0.05, 0) is 50.7 Å². The lowest BCUT2D eigenvalue weighted by Gasteiger charge is -2.30. The quantitative estimate of drug-likeness (QED) is 0.822. The summed E-state index contributed by atoms with van der Waals surface area (Å²) in [7, 11) is -3.58. The van der Waals surface area contributed by atoms with Gasteiger partial charge in [0.25, 0.3) is 0 Å². The maximum Gasteiger partial charge on any atom is 0.326 e. The normalized spacial score (nSPS) is 28.8. The third kappa shape index (κ3) is 3.37. The Morgan fingerprint density at radius 3 is 1.72 bits per heavy atom. The Bertz CT molecular complexity index is 644. The molecule has 0 radical (unpaired) electrons. The lowest BCUT2D eigenvalue weighted by atomic mass is 10.1. The molecule has 2 saturated heterocycles. The molecule has 0 spiro atoms. The van der Waals surface area contributed by atoms with E-state index in [1.807, 2.05) is 24.3 Å². The summed E-state index contributed by atoms with van der Waals surface area (Å²) < 4.78 is 41.1. The second-order valence-electron chi connectivity index (χ2n) is 7.04. The molecule has 0 bridgehead atoms. The van der Waals surface area contributed by atoms with Gasteiger partial charge in [-0.2, -0.15) is 8.42 Å². The Morgan fingerprint density at radius 1 is 0.840 bits per heavy atom. The first kappa shape index (κ1) is 17.1. The van der Waals surface area contributed by atoms with Crippen LogP contribution in [0.4, 0.5) is 11.4 Å². The molecule has 2 atom stereocenters. The van der Waals surface area contributed by atoms with Crippen molar-refractivity contribution >= 4 is 21.6 Å². The maximum absolute atomic E-state index is 13.2. The molecule has 3 heterocycles. The van der Waals surface area contributed by atoms with Crippen molar-refractivity contribution in [2.75, 3.05) is 34.9 Å². The molecule has 0 saturated carbocycles. The summed E-state index contributed by atoms with van der Waals surface area (Å²) >= 11 is 0. The SMILES string of the molecule is O=S1(=O)N(CC2CCCCO2)c2ccccc2N1CC1CCCCO1. The molecule has 0 amide bonds. The largest absolute Gasteiger partial charge is 0.376 e. The Hall–Kier alpha value is -1.31. The molecule has 7 heteroatoms. The van der Waals surface area contributed by atoms with E-state index in [-0.39, 0.29) is 12.2 Å². The molecule has 0 aromatic heterocycles. The Morgan fingerprint density at radius 2 is 1.32 bits per heavy atom. The minimum Gasteiger partial charge on any atom is -0.376 e. The fraction of sp³-hybridized carbons (Fsp3) is 0.667. The van der Waals surface area contributed by atoms with Gasteiger partial charge in [-0.3, -0.25) is 0 Å². The number of hydrogen-bond acceptors (Lipinski definition) is 4. The topological polar surface area (TPSA) is 59.1 Å². The molecule has 3 aliphatic heterocycles. The van der Waals surface area contributed by atoms with E-state index in [1.165, 1.54) is 8.61 Å². The molecule has 2 fully saturated rings. The molecule has 6 nitrogen and oxygen atoms in total. The van der Waals surface area contributed by atoms with Gasteiger partial charge >= 0.3 is 10.2 Å². The van der Waals surface area contributed by atoms with Crippen LogP contribution in [0.5, 0.6) is 0 Å². The van der Waals surface area contributed by atoms with Crippen LogP contribution in [0.3, 0.4) is 0 Å². The van der Waals surface area contributed by atoms with Gasteiger partial charge < -0.3 is 9.47 Å². The number of anilines is 2. The molecular weight excluding hydrogens is 340 g/mol. The van der Waals surface area contributed by atoms with E-state index in [9.17, 15) is 8.42 Å². The third-order valence-corrected chi connectivity index (χ3v) is 7.07. The lowest BCUT2D eigenvalue weighted by molar-refractivity contribution is 0.0224. The predicted octanol–water partition coefficient (Wildman–Crippen LogP) is 2.70. The van der Waals surface area contributed by atoms with E-state index in [0.717, 1.165) is 63.1 Å². The highest BCUT2D eigenvalue weighted by Crippen LogP contribution is 2.41. The molecule has 0 aliphatic carbocycles. The molecule has 3 aliphatic rings. The van der Waals surface area contributed by atoms with Gasteiger partial charge in [-0.25, -0.2) is 8.61 Å². The number of benzene rings is 1. The first-order valence-corrected chi connectivity index (χ1v) is 10.7. The first-order valence-electron chi connectivity index (χ1n) is 9.29. The Kier molecular flexibility index (Phi) is 4.88. The summed E-state index contributed by atoms with van der Waals surface area (Å²) in [5.74, 6) is 0. The number of ether oxygens (including phenoxy) is 2. The van der Waals surface area contributed by atoms with Crippen LogP contribution in [0.15, 0.2) is 24.3 Å². The van der Waals surface area contributed by atoms with E-state index in [4.69, 9.17) is 9.47 Å². The zero-order valence-corrected chi connectivity index (χ0v) is 15.3. The van der Waals surface area contributed by atoms with Gasteiger partial charge in [0.05, 0.1) is 36.7 Å². The summed E-state index contributed by atoms with van der Waals surface area (Å²) in [5, 5.41) is 0. The monoisotopic (exact) mass is 366 g/mol. The molecule has 1 aromatic rings. The van der Waals surface area contributed by atoms with Crippen molar-refractivity contribution in [3.63, 3.8) is 0 Å². The number of fused-ring (bicyclic) bond motifs is 1. The second-order valence-corrected chi connectivity index (χ2v) is 8.81. The lowest BCUT2D eigenvalue weighted by Crippen LogP contribution is -2.45. The molecule has 0 N–H and O–H groups in total.